The van der Waals surface area contributed by atoms with Crippen molar-refractivity contribution >= 4 is 5.97 Å². The van der Waals surface area contributed by atoms with Gasteiger partial charge in [0.25, 0.3) is 6.43 Å². The van der Waals surface area contributed by atoms with Gasteiger partial charge < -0.3 is 9.47 Å². The first kappa shape index (κ1) is 13.4. The molecule has 0 amide bonds. The van der Waals surface area contributed by atoms with Gasteiger partial charge in [0.05, 0.1) is 19.8 Å². The summed E-state index contributed by atoms with van der Waals surface area (Å²) in [6.45, 7) is 0. The Balaban J connectivity index is 2.79. The standard InChI is InChI=1S/C12H14F2O3/c1-16-10-7-8(4-6-11(15)17-2)3-5-9(10)12(13)14/h3,5,7,12H,4,6H2,1-2H3. The SMILES string of the molecule is COC(=O)CCc1ccc(C(F)F)c(OC)c1. The molecular weight excluding hydrogens is 230 g/mol. The molecule has 0 N–H and O–H groups in total. The molecule has 5 heteroatoms. The molecule has 0 radical (unpaired) electrons. The van der Waals surface area contributed by atoms with Crippen molar-refractivity contribution in [1.29, 1.82) is 0 Å². The number of alkyl halides is 2. The number of rotatable bonds is 5. The molecule has 17 heavy (non-hydrogen) atoms. The van der Waals surface area contributed by atoms with Crippen molar-refractivity contribution in [2.24, 2.45) is 0 Å². The average Bonchev–Trinajstić information content (AvgIpc) is 2.35. The predicted molar refractivity (Wildman–Crippen MR) is 58.3 cm³/mol. The van der Waals surface area contributed by atoms with Gasteiger partial charge in [0, 0.05) is 6.42 Å². The van der Waals surface area contributed by atoms with Crippen LogP contribution in [0.2, 0.25) is 0 Å². The van der Waals surface area contributed by atoms with Crippen molar-refractivity contribution in [2.45, 2.75) is 19.3 Å². The molecule has 0 saturated heterocycles. The van der Waals surface area contributed by atoms with Crippen molar-refractivity contribution in [3.8, 4) is 5.75 Å². The summed E-state index contributed by atoms with van der Waals surface area (Å²) in [7, 11) is 2.65. The Morgan fingerprint density at radius 3 is 2.59 bits per heavy atom. The third-order valence-corrected chi connectivity index (χ3v) is 2.38. The summed E-state index contributed by atoms with van der Waals surface area (Å²) in [5, 5.41) is 0. The highest BCUT2D eigenvalue weighted by Gasteiger charge is 2.14. The van der Waals surface area contributed by atoms with Crippen LogP contribution in [0.15, 0.2) is 18.2 Å². The van der Waals surface area contributed by atoms with Crippen LogP contribution in [0.25, 0.3) is 0 Å². The summed E-state index contributed by atoms with van der Waals surface area (Å²) in [5.74, 6) is -0.190. The minimum absolute atomic E-state index is 0.141. The molecule has 1 aromatic carbocycles. The van der Waals surface area contributed by atoms with E-state index in [4.69, 9.17) is 4.74 Å². The van der Waals surface area contributed by atoms with Crippen LogP contribution in [0.1, 0.15) is 24.0 Å². The second-order valence-electron chi connectivity index (χ2n) is 3.45. The first-order valence-corrected chi connectivity index (χ1v) is 5.10. The Morgan fingerprint density at radius 1 is 1.35 bits per heavy atom. The van der Waals surface area contributed by atoms with Crippen LogP contribution < -0.4 is 4.74 Å². The maximum absolute atomic E-state index is 12.6. The number of carbonyl (C=O) groups excluding carboxylic acids is 1. The Labute approximate surface area is 98.3 Å². The maximum Gasteiger partial charge on any atom is 0.305 e. The van der Waals surface area contributed by atoms with E-state index in [0.29, 0.717) is 6.42 Å². The van der Waals surface area contributed by atoms with E-state index in [1.807, 2.05) is 0 Å². The first-order valence-electron chi connectivity index (χ1n) is 5.10. The van der Waals surface area contributed by atoms with E-state index in [9.17, 15) is 13.6 Å². The molecule has 0 bridgehead atoms. The average molecular weight is 244 g/mol. The van der Waals surface area contributed by atoms with E-state index >= 15 is 0 Å². The molecule has 0 atom stereocenters. The molecule has 0 aliphatic heterocycles. The Bertz CT molecular complexity index is 391. The predicted octanol–water partition coefficient (Wildman–Crippen LogP) is 2.74. The highest BCUT2D eigenvalue weighted by molar-refractivity contribution is 5.69. The Kier molecular flexibility index (Phi) is 4.87. The molecule has 0 aromatic heterocycles. The molecule has 0 spiro atoms. The molecule has 1 aromatic rings. The Hall–Kier alpha value is -1.65. The molecule has 0 aliphatic rings. The number of ether oxygens (including phenoxy) is 2. The number of carbonyl (C=O) groups is 1. The summed E-state index contributed by atoms with van der Waals surface area (Å²) in [4.78, 5) is 10.9. The minimum Gasteiger partial charge on any atom is -0.496 e. The van der Waals surface area contributed by atoms with Gasteiger partial charge in [-0.3, -0.25) is 4.79 Å². The van der Waals surface area contributed by atoms with Crippen molar-refractivity contribution in [3.05, 3.63) is 29.3 Å². The number of hydrogen-bond donors (Lipinski definition) is 0. The molecule has 1 rings (SSSR count). The van der Waals surface area contributed by atoms with Crippen LogP contribution in [0.3, 0.4) is 0 Å². The van der Waals surface area contributed by atoms with Gasteiger partial charge in [-0.2, -0.15) is 0 Å². The van der Waals surface area contributed by atoms with E-state index in [2.05, 4.69) is 4.74 Å². The van der Waals surface area contributed by atoms with Gasteiger partial charge in [-0.05, 0) is 24.1 Å². The van der Waals surface area contributed by atoms with E-state index in [1.165, 1.54) is 26.4 Å². The molecule has 94 valence electrons. The van der Waals surface area contributed by atoms with Gasteiger partial charge in [-0.1, -0.05) is 6.07 Å². The van der Waals surface area contributed by atoms with Gasteiger partial charge >= 0.3 is 5.97 Å². The monoisotopic (exact) mass is 244 g/mol. The summed E-state index contributed by atoms with van der Waals surface area (Å²) in [6.07, 6.45) is -1.92. The number of halogens is 2. The second-order valence-corrected chi connectivity index (χ2v) is 3.45. The zero-order chi connectivity index (χ0) is 12.8. The van der Waals surface area contributed by atoms with Crippen LogP contribution in [-0.4, -0.2) is 20.2 Å². The summed E-state index contributed by atoms with van der Waals surface area (Å²) >= 11 is 0. The van der Waals surface area contributed by atoms with Crippen LogP contribution in [0, 0.1) is 0 Å². The lowest BCUT2D eigenvalue weighted by atomic mass is 10.1. The molecule has 0 fully saturated rings. The van der Waals surface area contributed by atoms with E-state index in [0.717, 1.165) is 5.56 Å². The zero-order valence-electron chi connectivity index (χ0n) is 9.70. The lowest BCUT2D eigenvalue weighted by Gasteiger charge is -2.09. The highest BCUT2D eigenvalue weighted by atomic mass is 19.3. The lowest BCUT2D eigenvalue weighted by molar-refractivity contribution is -0.140. The van der Waals surface area contributed by atoms with Crippen molar-refractivity contribution < 1.29 is 23.0 Å². The molecule has 3 nitrogen and oxygen atoms in total. The number of methoxy groups -OCH3 is 2. The smallest absolute Gasteiger partial charge is 0.305 e. The summed E-state index contributed by atoms with van der Waals surface area (Å²) in [6, 6.07) is 4.40. The molecule has 0 saturated carbocycles. The van der Waals surface area contributed by atoms with Crippen LogP contribution in [0.4, 0.5) is 8.78 Å². The van der Waals surface area contributed by atoms with Gasteiger partial charge in [-0.15, -0.1) is 0 Å². The zero-order valence-corrected chi connectivity index (χ0v) is 9.70. The van der Waals surface area contributed by atoms with Crippen molar-refractivity contribution in [3.63, 3.8) is 0 Å². The van der Waals surface area contributed by atoms with Crippen LogP contribution in [0.5, 0.6) is 5.75 Å². The summed E-state index contributed by atoms with van der Waals surface area (Å²) in [5.41, 5.74) is 0.617. The van der Waals surface area contributed by atoms with Crippen LogP contribution in [-0.2, 0) is 16.0 Å². The van der Waals surface area contributed by atoms with Crippen molar-refractivity contribution in [1.82, 2.24) is 0 Å². The van der Waals surface area contributed by atoms with E-state index < -0.39 is 6.43 Å². The van der Waals surface area contributed by atoms with Gasteiger partial charge in [0.1, 0.15) is 5.75 Å². The number of aryl methyl sites for hydroxylation is 1. The third kappa shape index (κ3) is 3.69. The molecule has 0 heterocycles. The van der Waals surface area contributed by atoms with Gasteiger partial charge in [0.2, 0.25) is 0 Å². The molecule has 0 unspecified atom stereocenters. The van der Waals surface area contributed by atoms with Gasteiger partial charge in [-0.25, -0.2) is 8.78 Å². The van der Waals surface area contributed by atoms with Crippen molar-refractivity contribution in [2.75, 3.05) is 14.2 Å². The topological polar surface area (TPSA) is 35.5 Å². The minimum atomic E-state index is -2.57. The number of hydrogen-bond acceptors (Lipinski definition) is 3. The normalized spacial score (nSPS) is 10.4. The Morgan fingerprint density at radius 2 is 2.06 bits per heavy atom. The molecule has 0 aliphatic carbocycles. The fourth-order valence-corrected chi connectivity index (χ4v) is 1.44. The van der Waals surface area contributed by atoms with Crippen LogP contribution >= 0.6 is 0 Å². The third-order valence-electron chi connectivity index (χ3n) is 2.38. The maximum atomic E-state index is 12.6. The largest absolute Gasteiger partial charge is 0.496 e. The van der Waals surface area contributed by atoms with Gasteiger partial charge in [0.15, 0.2) is 0 Å². The fraction of sp³-hybridized carbons (Fsp3) is 0.417. The fourth-order valence-electron chi connectivity index (χ4n) is 1.44. The number of benzene rings is 1. The first-order chi connectivity index (χ1) is 8.08. The highest BCUT2D eigenvalue weighted by Crippen LogP contribution is 2.29. The molecular formula is C12H14F2O3. The second kappa shape index (κ2) is 6.18. The van der Waals surface area contributed by atoms with E-state index in [1.54, 1.807) is 6.07 Å². The lowest BCUT2D eigenvalue weighted by Crippen LogP contribution is -2.02. The summed E-state index contributed by atoms with van der Waals surface area (Å²) < 4.78 is 34.5. The number of esters is 1. The quantitative estimate of drug-likeness (QED) is 0.747. The van der Waals surface area contributed by atoms with E-state index in [-0.39, 0.29) is 23.7 Å².